The van der Waals surface area contributed by atoms with Gasteiger partial charge in [-0.2, -0.15) is 0 Å². The first-order chi connectivity index (χ1) is 13.2. The Morgan fingerprint density at radius 1 is 1.41 bits per heavy atom. The van der Waals surface area contributed by atoms with Gasteiger partial charge >= 0.3 is 0 Å². The van der Waals surface area contributed by atoms with Gasteiger partial charge in [0, 0.05) is 59.4 Å². The van der Waals surface area contributed by atoms with Gasteiger partial charge in [-0.05, 0) is 68.2 Å². The lowest BCUT2D eigenvalue weighted by Gasteiger charge is -2.59. The van der Waals surface area contributed by atoms with Gasteiger partial charge in [0.25, 0.3) is 0 Å². The van der Waals surface area contributed by atoms with Crippen molar-refractivity contribution in [2.45, 2.75) is 44.1 Å². The van der Waals surface area contributed by atoms with Crippen molar-refractivity contribution < 1.29 is 9.84 Å². The highest BCUT2D eigenvalue weighted by molar-refractivity contribution is 6.31. The lowest BCUT2D eigenvalue weighted by atomic mass is 9.56. The van der Waals surface area contributed by atoms with Crippen LogP contribution in [0.25, 0.3) is 10.9 Å². The second kappa shape index (κ2) is 6.77. The number of hydrogen-bond acceptors (Lipinski definition) is 3. The molecular weight excluding hydrogens is 360 g/mol. The van der Waals surface area contributed by atoms with Gasteiger partial charge in [0.1, 0.15) is 0 Å². The van der Waals surface area contributed by atoms with Crippen LogP contribution in [-0.4, -0.2) is 53.9 Å². The topological polar surface area (TPSA) is 48.5 Å². The van der Waals surface area contributed by atoms with E-state index in [1.807, 2.05) is 6.07 Å². The Balaban J connectivity index is 1.62. The molecule has 4 bridgehead atoms. The van der Waals surface area contributed by atoms with Crippen LogP contribution < -0.4 is 0 Å². The second-order valence-electron chi connectivity index (χ2n) is 8.72. The summed E-state index contributed by atoms with van der Waals surface area (Å²) in [6, 6.07) is 6.53. The average Bonchev–Trinajstić information content (AvgIpc) is 3.00. The first kappa shape index (κ1) is 18.0. The van der Waals surface area contributed by atoms with Crippen LogP contribution in [0.5, 0.6) is 0 Å². The molecular formula is C22H29ClN2O2. The van der Waals surface area contributed by atoms with Crippen molar-refractivity contribution in [2.24, 2.45) is 11.8 Å². The number of piperidine rings is 2. The van der Waals surface area contributed by atoms with Gasteiger partial charge in [-0.1, -0.05) is 11.6 Å². The lowest BCUT2D eigenvalue weighted by Crippen LogP contribution is -2.65. The lowest BCUT2D eigenvalue weighted by molar-refractivity contribution is -0.0835. The number of aromatic nitrogens is 1. The van der Waals surface area contributed by atoms with Crippen LogP contribution >= 0.6 is 11.6 Å². The van der Waals surface area contributed by atoms with Crippen molar-refractivity contribution in [3.8, 4) is 0 Å². The number of H-pyrrole nitrogens is 1. The summed E-state index contributed by atoms with van der Waals surface area (Å²) in [5, 5.41) is 12.8. The number of aromatic amines is 1. The zero-order valence-corrected chi connectivity index (χ0v) is 16.8. The fourth-order valence-corrected chi connectivity index (χ4v) is 6.66. The molecule has 27 heavy (non-hydrogen) atoms. The third-order valence-electron chi connectivity index (χ3n) is 7.32. The molecule has 4 aliphatic rings. The van der Waals surface area contributed by atoms with Crippen LogP contribution in [0.1, 0.15) is 37.4 Å². The Labute approximate surface area is 165 Å². The molecule has 1 aliphatic carbocycles. The molecule has 2 N–H and O–H groups in total. The molecule has 3 aliphatic heterocycles. The Bertz CT molecular complexity index is 850. The standard InChI is InChI=1S/C22H29ClN2O2/c1-2-27-8-6-15-9-14-11-22(13-26)20-17(5-7-25(12-14)21(15)22)18-10-16(23)3-4-19(18)24-20/h3-4,10,14-15,21,24,26H,2,5-9,11-13H2,1H3. The molecule has 5 unspecified atom stereocenters. The van der Waals surface area contributed by atoms with Crippen LogP contribution in [0, 0.1) is 11.8 Å². The summed E-state index contributed by atoms with van der Waals surface area (Å²) in [6.45, 7) is 6.13. The molecule has 2 aromatic rings. The summed E-state index contributed by atoms with van der Waals surface area (Å²) in [7, 11) is 0. The molecule has 4 heterocycles. The number of rotatable bonds is 5. The van der Waals surface area contributed by atoms with E-state index in [0.717, 1.165) is 49.6 Å². The zero-order chi connectivity index (χ0) is 18.6. The highest BCUT2D eigenvalue weighted by atomic mass is 35.5. The Morgan fingerprint density at radius 2 is 2.30 bits per heavy atom. The van der Waals surface area contributed by atoms with E-state index in [0.29, 0.717) is 17.9 Å². The smallest absolute Gasteiger partial charge is 0.0557 e. The molecule has 1 aromatic carbocycles. The van der Waals surface area contributed by atoms with Crippen molar-refractivity contribution >= 4 is 22.5 Å². The van der Waals surface area contributed by atoms with Gasteiger partial charge in [-0.3, -0.25) is 4.90 Å². The van der Waals surface area contributed by atoms with Crippen molar-refractivity contribution in [3.05, 3.63) is 34.5 Å². The molecule has 2 saturated heterocycles. The summed E-state index contributed by atoms with van der Waals surface area (Å²) in [6.07, 6.45) is 4.48. The van der Waals surface area contributed by atoms with Crippen LogP contribution in [0.4, 0.5) is 0 Å². The summed E-state index contributed by atoms with van der Waals surface area (Å²) in [5.74, 6) is 1.26. The third-order valence-corrected chi connectivity index (χ3v) is 7.56. The molecule has 1 saturated carbocycles. The second-order valence-corrected chi connectivity index (χ2v) is 9.16. The minimum atomic E-state index is -0.185. The zero-order valence-electron chi connectivity index (χ0n) is 16.0. The van der Waals surface area contributed by atoms with E-state index in [4.69, 9.17) is 16.3 Å². The minimum Gasteiger partial charge on any atom is -0.395 e. The fourth-order valence-electron chi connectivity index (χ4n) is 6.49. The number of aliphatic hydroxyl groups is 1. The maximum absolute atomic E-state index is 10.8. The van der Waals surface area contributed by atoms with Gasteiger partial charge < -0.3 is 14.8 Å². The Morgan fingerprint density at radius 3 is 3.11 bits per heavy atom. The van der Waals surface area contributed by atoms with Gasteiger partial charge in [-0.25, -0.2) is 0 Å². The van der Waals surface area contributed by atoms with E-state index in [1.54, 1.807) is 0 Å². The van der Waals surface area contributed by atoms with Gasteiger partial charge in [-0.15, -0.1) is 0 Å². The van der Waals surface area contributed by atoms with Gasteiger partial charge in [0.2, 0.25) is 0 Å². The molecule has 0 amide bonds. The third kappa shape index (κ3) is 2.68. The van der Waals surface area contributed by atoms with Gasteiger partial charge in [0.15, 0.2) is 0 Å². The highest BCUT2D eigenvalue weighted by Gasteiger charge is 2.58. The molecule has 4 nitrogen and oxygen atoms in total. The summed E-state index contributed by atoms with van der Waals surface area (Å²) >= 11 is 6.31. The number of benzene rings is 1. The van der Waals surface area contributed by atoms with E-state index >= 15 is 0 Å². The maximum Gasteiger partial charge on any atom is 0.0557 e. The Kier molecular flexibility index (Phi) is 4.51. The molecule has 0 spiro atoms. The highest BCUT2D eigenvalue weighted by Crippen LogP contribution is 2.54. The van der Waals surface area contributed by atoms with Crippen molar-refractivity contribution in [2.75, 3.05) is 32.9 Å². The summed E-state index contributed by atoms with van der Waals surface area (Å²) in [4.78, 5) is 6.40. The first-order valence-electron chi connectivity index (χ1n) is 10.4. The predicted molar refractivity (Wildman–Crippen MR) is 108 cm³/mol. The minimum absolute atomic E-state index is 0.185. The van der Waals surface area contributed by atoms with E-state index < -0.39 is 0 Å². The summed E-state index contributed by atoms with van der Waals surface area (Å²) in [5.41, 5.74) is 3.62. The molecule has 5 heteroatoms. The first-order valence-corrected chi connectivity index (χ1v) is 10.8. The predicted octanol–water partition coefficient (Wildman–Crippen LogP) is 3.74. The van der Waals surface area contributed by atoms with Crippen LogP contribution in [-0.2, 0) is 16.6 Å². The van der Waals surface area contributed by atoms with Crippen LogP contribution in [0.2, 0.25) is 5.02 Å². The number of nitrogens with one attached hydrogen (secondary N) is 1. The van der Waals surface area contributed by atoms with Crippen LogP contribution in [0.15, 0.2) is 18.2 Å². The van der Waals surface area contributed by atoms with Gasteiger partial charge in [0.05, 0.1) is 6.61 Å². The monoisotopic (exact) mass is 388 g/mol. The van der Waals surface area contributed by atoms with E-state index in [2.05, 4.69) is 28.9 Å². The largest absolute Gasteiger partial charge is 0.395 e. The maximum atomic E-state index is 10.8. The average molecular weight is 389 g/mol. The normalized spacial score (nSPS) is 34.6. The van der Waals surface area contributed by atoms with Crippen LogP contribution in [0.3, 0.4) is 0 Å². The molecule has 5 atom stereocenters. The number of nitrogens with zero attached hydrogens (tertiary/aromatic N) is 1. The SMILES string of the molecule is CCOCCC1CC2CN3CCc4c([nH]c5ccc(Cl)cc45)C(CO)(C2)C13. The number of halogens is 1. The quantitative estimate of drug-likeness (QED) is 0.767. The Hall–Kier alpha value is -1.07. The molecule has 146 valence electrons. The molecule has 0 radical (unpaired) electrons. The van der Waals surface area contributed by atoms with Crippen molar-refractivity contribution in [1.29, 1.82) is 0 Å². The fraction of sp³-hybridized carbons (Fsp3) is 0.636. The van der Waals surface area contributed by atoms with Crippen molar-refractivity contribution in [1.82, 2.24) is 9.88 Å². The summed E-state index contributed by atoms with van der Waals surface area (Å²) < 4.78 is 5.69. The number of ether oxygens (including phenoxy) is 1. The molecule has 6 rings (SSSR count). The molecule has 3 fully saturated rings. The number of fused-ring (bicyclic) bond motifs is 4. The number of aliphatic hydroxyl groups excluding tert-OH is 1. The van der Waals surface area contributed by atoms with E-state index in [9.17, 15) is 5.11 Å². The van der Waals surface area contributed by atoms with E-state index in [-0.39, 0.29) is 12.0 Å². The van der Waals surface area contributed by atoms with Crippen molar-refractivity contribution in [3.63, 3.8) is 0 Å². The van der Waals surface area contributed by atoms with E-state index in [1.165, 1.54) is 29.6 Å². The number of hydrogen-bond donors (Lipinski definition) is 2. The molecule has 1 aromatic heterocycles.